The predicted molar refractivity (Wildman–Crippen MR) is 312 cm³/mol. The van der Waals surface area contributed by atoms with Gasteiger partial charge in [0.25, 0.3) is 0 Å². The number of esters is 4. The maximum Gasteiger partial charge on any atom is 0.472 e. The largest absolute Gasteiger partial charge is 0.472 e. The molecule has 0 aliphatic heterocycles. The summed E-state index contributed by atoms with van der Waals surface area (Å²) in [5.74, 6) is -0.678. The summed E-state index contributed by atoms with van der Waals surface area (Å²) in [7, 11) is -9.87. The summed E-state index contributed by atoms with van der Waals surface area (Å²) in [5, 5.41) is 10.5. The van der Waals surface area contributed by atoms with E-state index in [-0.39, 0.29) is 25.7 Å². The molecule has 3 unspecified atom stereocenters. The number of unbranched alkanes of at least 4 members (excludes halogenated alkanes) is 28. The lowest BCUT2D eigenvalue weighted by atomic mass is 10.00. The van der Waals surface area contributed by atoms with Crippen molar-refractivity contribution in [2.45, 2.75) is 310 Å². The Labute approximate surface area is 479 Å². The highest BCUT2D eigenvalue weighted by Crippen LogP contribution is 2.45. The third-order valence-electron chi connectivity index (χ3n) is 14.1. The number of carbonyl (C=O) groups excluding carboxylic acids is 4. The van der Waals surface area contributed by atoms with Crippen LogP contribution in [0.4, 0.5) is 0 Å². The molecule has 0 spiro atoms. The monoisotopic (exact) mass is 1170 g/mol. The molecule has 0 fully saturated rings. The third kappa shape index (κ3) is 53.8. The molecule has 468 valence electrons. The van der Waals surface area contributed by atoms with Gasteiger partial charge in [-0.3, -0.25) is 37.3 Å². The maximum atomic E-state index is 12.9. The van der Waals surface area contributed by atoms with E-state index >= 15 is 0 Å². The van der Waals surface area contributed by atoms with Gasteiger partial charge in [-0.25, -0.2) is 9.13 Å². The fraction of sp³-hybridized carbons (Fsp3) is 0.933. The SMILES string of the molecule is CCCCCCCCCCCCC(=O)O[C@H](COC(=O)CCCCCCCCC)COP(=O)(O)OC[C@H](O)COP(=O)(O)OC[C@@H](COC(=O)CCCCCCCCC(C)CC)OC(=O)CCCCCCCCCCCC(C)C. The van der Waals surface area contributed by atoms with Crippen LogP contribution in [-0.2, 0) is 65.4 Å². The molecule has 0 amide bonds. The van der Waals surface area contributed by atoms with Gasteiger partial charge in [-0.2, -0.15) is 0 Å². The summed E-state index contributed by atoms with van der Waals surface area (Å²) in [5.41, 5.74) is 0. The van der Waals surface area contributed by atoms with Gasteiger partial charge in [0.05, 0.1) is 26.4 Å². The molecule has 0 heterocycles. The average molecular weight is 1170 g/mol. The van der Waals surface area contributed by atoms with Gasteiger partial charge in [0.15, 0.2) is 12.2 Å². The highest BCUT2D eigenvalue weighted by Gasteiger charge is 2.30. The van der Waals surface area contributed by atoms with Crippen LogP contribution in [0, 0.1) is 11.8 Å². The highest BCUT2D eigenvalue weighted by atomic mass is 31.2. The van der Waals surface area contributed by atoms with Crippen molar-refractivity contribution in [3.05, 3.63) is 0 Å². The lowest BCUT2D eigenvalue weighted by Gasteiger charge is -2.21. The number of carbonyl (C=O) groups is 4. The standard InChI is InChI=1S/C60H116O17P2/c1-7-10-12-14-16-17-20-24-32-38-44-59(64)76-55(48-70-57(62)42-36-30-22-15-13-11-8-2)50-74-78(66,67)72-46-54(61)47-73-79(68,69)75-51-56(49-71-58(63)43-37-31-27-26-29-35-41-53(6)9-3)77-60(65)45-39-33-25-21-18-19-23-28-34-40-52(4)5/h52-56,61H,7-51H2,1-6H3,(H,66,67)(H,68,69)/t53?,54-,55+,56+/m0/s1. The number of rotatable bonds is 59. The highest BCUT2D eigenvalue weighted by molar-refractivity contribution is 7.47. The molecule has 3 N–H and O–H groups in total. The van der Waals surface area contributed by atoms with E-state index in [4.69, 9.17) is 37.0 Å². The van der Waals surface area contributed by atoms with Crippen molar-refractivity contribution >= 4 is 39.5 Å². The summed E-state index contributed by atoms with van der Waals surface area (Å²) in [6.07, 6.45) is 33.6. The van der Waals surface area contributed by atoms with Crippen molar-refractivity contribution in [1.82, 2.24) is 0 Å². The molecule has 0 aliphatic carbocycles. The zero-order chi connectivity index (χ0) is 58.7. The second-order valence-corrected chi connectivity index (χ2v) is 25.4. The van der Waals surface area contributed by atoms with E-state index in [9.17, 15) is 43.2 Å². The Hall–Kier alpha value is -1.94. The number of aliphatic hydroxyl groups excluding tert-OH is 1. The Balaban J connectivity index is 5.23. The van der Waals surface area contributed by atoms with Gasteiger partial charge in [0.1, 0.15) is 19.3 Å². The molecular formula is C60H116O17P2. The Morgan fingerprint density at radius 3 is 0.962 bits per heavy atom. The van der Waals surface area contributed by atoms with Gasteiger partial charge in [0.2, 0.25) is 0 Å². The molecule has 6 atom stereocenters. The van der Waals surface area contributed by atoms with Crippen LogP contribution in [0.5, 0.6) is 0 Å². The number of aliphatic hydroxyl groups is 1. The minimum Gasteiger partial charge on any atom is -0.462 e. The first-order valence-electron chi connectivity index (χ1n) is 31.5. The molecule has 0 bridgehead atoms. The third-order valence-corrected chi connectivity index (χ3v) is 16.0. The second kappa shape index (κ2) is 52.8. The van der Waals surface area contributed by atoms with Crippen molar-refractivity contribution in [1.29, 1.82) is 0 Å². The van der Waals surface area contributed by atoms with Crippen molar-refractivity contribution in [3.8, 4) is 0 Å². The van der Waals surface area contributed by atoms with Crippen LogP contribution in [0.2, 0.25) is 0 Å². The van der Waals surface area contributed by atoms with E-state index in [0.717, 1.165) is 121 Å². The molecule has 0 radical (unpaired) electrons. The van der Waals surface area contributed by atoms with Gasteiger partial charge < -0.3 is 33.8 Å². The quantitative estimate of drug-likeness (QED) is 0.0222. The van der Waals surface area contributed by atoms with Gasteiger partial charge in [-0.15, -0.1) is 0 Å². The number of ether oxygens (including phenoxy) is 4. The summed E-state index contributed by atoms with van der Waals surface area (Å²) in [4.78, 5) is 71.9. The number of hydrogen-bond acceptors (Lipinski definition) is 15. The number of phosphoric ester groups is 2. The lowest BCUT2D eigenvalue weighted by Crippen LogP contribution is -2.30. The average Bonchev–Trinajstić information content (AvgIpc) is 3.41. The van der Waals surface area contributed by atoms with E-state index in [1.807, 2.05) is 0 Å². The Kier molecular flexibility index (Phi) is 51.5. The topological polar surface area (TPSA) is 237 Å². The molecule has 0 saturated carbocycles. The minimum absolute atomic E-state index is 0.104. The molecule has 0 aliphatic rings. The molecule has 17 nitrogen and oxygen atoms in total. The molecule has 0 aromatic rings. The van der Waals surface area contributed by atoms with Crippen LogP contribution >= 0.6 is 15.6 Å². The normalized spacial score (nSPS) is 14.8. The van der Waals surface area contributed by atoms with Gasteiger partial charge in [0, 0.05) is 25.7 Å². The van der Waals surface area contributed by atoms with E-state index in [2.05, 4.69) is 41.5 Å². The Morgan fingerprint density at radius 2 is 0.646 bits per heavy atom. The van der Waals surface area contributed by atoms with Crippen molar-refractivity contribution < 1.29 is 80.2 Å². The fourth-order valence-electron chi connectivity index (χ4n) is 8.79. The van der Waals surface area contributed by atoms with Crippen LogP contribution in [-0.4, -0.2) is 96.7 Å². The first-order valence-corrected chi connectivity index (χ1v) is 34.5. The summed E-state index contributed by atoms with van der Waals surface area (Å²) in [6, 6.07) is 0. The molecule has 0 aromatic carbocycles. The number of phosphoric acid groups is 2. The van der Waals surface area contributed by atoms with Crippen molar-refractivity contribution in [2.24, 2.45) is 11.8 Å². The smallest absolute Gasteiger partial charge is 0.462 e. The molecule has 0 rings (SSSR count). The molecule has 0 saturated heterocycles. The second-order valence-electron chi connectivity index (χ2n) is 22.5. The number of hydrogen-bond donors (Lipinski definition) is 3. The predicted octanol–water partition coefficient (Wildman–Crippen LogP) is 16.1. The first-order chi connectivity index (χ1) is 37.9. The molecule has 0 aromatic heterocycles. The Morgan fingerprint density at radius 1 is 0.367 bits per heavy atom. The summed E-state index contributed by atoms with van der Waals surface area (Å²) in [6.45, 7) is 9.35. The van der Waals surface area contributed by atoms with Gasteiger partial charge in [-0.1, -0.05) is 241 Å². The fourth-order valence-corrected chi connectivity index (χ4v) is 10.4. The summed E-state index contributed by atoms with van der Waals surface area (Å²) < 4.78 is 67.7. The van der Waals surface area contributed by atoms with Crippen LogP contribution in [0.3, 0.4) is 0 Å². The molecule has 79 heavy (non-hydrogen) atoms. The first kappa shape index (κ1) is 77.1. The lowest BCUT2D eigenvalue weighted by molar-refractivity contribution is -0.161. The molecular weight excluding hydrogens is 1050 g/mol. The minimum atomic E-state index is -4.94. The van der Waals surface area contributed by atoms with Gasteiger partial charge >= 0.3 is 39.5 Å². The van der Waals surface area contributed by atoms with Gasteiger partial charge in [-0.05, 0) is 37.5 Å². The van der Waals surface area contributed by atoms with E-state index in [1.165, 1.54) is 89.9 Å². The zero-order valence-corrected chi connectivity index (χ0v) is 52.4. The van der Waals surface area contributed by atoms with Crippen molar-refractivity contribution in [2.75, 3.05) is 39.6 Å². The van der Waals surface area contributed by atoms with Crippen LogP contribution in [0.15, 0.2) is 0 Å². The van der Waals surface area contributed by atoms with Crippen LogP contribution < -0.4 is 0 Å². The maximum absolute atomic E-state index is 12.9. The van der Waals surface area contributed by atoms with Crippen LogP contribution in [0.25, 0.3) is 0 Å². The zero-order valence-electron chi connectivity index (χ0n) is 50.7. The molecule has 19 heteroatoms. The van der Waals surface area contributed by atoms with Crippen LogP contribution in [0.1, 0.15) is 292 Å². The summed E-state index contributed by atoms with van der Waals surface area (Å²) >= 11 is 0. The van der Waals surface area contributed by atoms with E-state index in [1.54, 1.807) is 0 Å². The van der Waals surface area contributed by atoms with Crippen molar-refractivity contribution in [3.63, 3.8) is 0 Å². The Bertz CT molecular complexity index is 1570. The van der Waals surface area contributed by atoms with E-state index in [0.29, 0.717) is 25.7 Å². The van der Waals surface area contributed by atoms with E-state index < -0.39 is 97.5 Å².